The molecule has 0 aliphatic carbocycles. The monoisotopic (exact) mass is 329 g/mol. The van der Waals surface area contributed by atoms with E-state index in [-0.39, 0.29) is 6.61 Å². The molecule has 0 fully saturated rings. The minimum absolute atomic E-state index is 0.262. The highest BCUT2D eigenvalue weighted by Crippen LogP contribution is 2.20. The summed E-state index contributed by atoms with van der Waals surface area (Å²) in [5.74, 6) is 0.748. The van der Waals surface area contributed by atoms with Crippen molar-refractivity contribution < 1.29 is 9.84 Å². The molecule has 0 amide bonds. The molecule has 1 unspecified atom stereocenters. The molecule has 0 radical (unpaired) electrons. The molecule has 1 N–H and O–H groups in total. The molecule has 3 heteroatoms. The van der Waals surface area contributed by atoms with Crippen LogP contribution >= 0.6 is 0 Å². The molecule has 124 valence electrons. The summed E-state index contributed by atoms with van der Waals surface area (Å²) in [5.41, 5.74) is 1.11. The molecule has 1 heterocycles. The Morgan fingerprint density at radius 3 is 2.56 bits per heavy atom. The number of aromatic nitrogens is 1. The van der Waals surface area contributed by atoms with Crippen LogP contribution in [0.4, 0.5) is 0 Å². The van der Waals surface area contributed by atoms with Gasteiger partial charge < -0.3 is 9.84 Å². The first-order chi connectivity index (χ1) is 12.3. The minimum atomic E-state index is -0.550. The van der Waals surface area contributed by atoms with Gasteiger partial charge in [-0.25, -0.2) is 0 Å². The fourth-order valence-corrected chi connectivity index (χ4v) is 3.04. The van der Waals surface area contributed by atoms with Gasteiger partial charge in [0.1, 0.15) is 12.4 Å². The van der Waals surface area contributed by atoms with E-state index in [9.17, 15) is 5.11 Å². The number of benzene rings is 3. The third-order valence-electron chi connectivity index (χ3n) is 4.34. The number of hydrogen-bond donors (Lipinski definition) is 1. The van der Waals surface area contributed by atoms with Crippen LogP contribution in [0.1, 0.15) is 5.56 Å². The molecule has 0 aliphatic heterocycles. The van der Waals surface area contributed by atoms with Crippen LogP contribution in [0.3, 0.4) is 0 Å². The van der Waals surface area contributed by atoms with Crippen molar-refractivity contribution in [2.75, 3.05) is 6.61 Å². The first kappa shape index (κ1) is 15.6. The van der Waals surface area contributed by atoms with E-state index < -0.39 is 6.10 Å². The Labute approximate surface area is 146 Å². The third kappa shape index (κ3) is 3.62. The maximum atomic E-state index is 10.3. The van der Waals surface area contributed by atoms with Crippen LogP contribution in [0.25, 0.3) is 21.5 Å². The average Bonchev–Trinajstić information content (AvgIpc) is 2.66. The van der Waals surface area contributed by atoms with Gasteiger partial charge in [-0.2, -0.15) is 0 Å². The van der Waals surface area contributed by atoms with Crippen LogP contribution < -0.4 is 4.74 Å². The lowest BCUT2D eigenvalue weighted by Crippen LogP contribution is -2.20. The van der Waals surface area contributed by atoms with Gasteiger partial charge in [0.2, 0.25) is 0 Å². The fraction of sp³-hybridized carbons (Fsp3) is 0.136. The lowest BCUT2D eigenvalue weighted by Gasteiger charge is -2.13. The Balaban J connectivity index is 1.41. The molecule has 0 bridgehead atoms. The smallest absolute Gasteiger partial charge is 0.120 e. The van der Waals surface area contributed by atoms with Crippen LogP contribution in [0.15, 0.2) is 79.1 Å². The number of ether oxygens (including phenoxy) is 1. The van der Waals surface area contributed by atoms with E-state index in [4.69, 9.17) is 4.74 Å². The maximum absolute atomic E-state index is 10.3. The van der Waals surface area contributed by atoms with Crippen LogP contribution in [-0.4, -0.2) is 22.8 Å². The Kier molecular flexibility index (Phi) is 4.32. The molecule has 0 saturated carbocycles. The summed E-state index contributed by atoms with van der Waals surface area (Å²) in [6, 6.07) is 22.4. The summed E-state index contributed by atoms with van der Waals surface area (Å²) < 4.78 is 5.76. The van der Waals surface area contributed by atoms with Crippen molar-refractivity contribution in [3.8, 4) is 5.75 Å². The lowest BCUT2D eigenvalue weighted by molar-refractivity contribution is 0.108. The third-order valence-corrected chi connectivity index (χ3v) is 4.34. The number of aliphatic hydroxyl groups is 1. The van der Waals surface area contributed by atoms with Crippen molar-refractivity contribution in [3.63, 3.8) is 0 Å². The molecule has 1 atom stereocenters. The molecule has 3 nitrogen and oxygen atoms in total. The van der Waals surface area contributed by atoms with Gasteiger partial charge in [0.25, 0.3) is 0 Å². The van der Waals surface area contributed by atoms with Gasteiger partial charge >= 0.3 is 0 Å². The van der Waals surface area contributed by atoms with Crippen molar-refractivity contribution in [3.05, 3.63) is 84.7 Å². The van der Waals surface area contributed by atoms with E-state index in [0.717, 1.165) is 22.1 Å². The van der Waals surface area contributed by atoms with E-state index in [1.54, 1.807) is 6.20 Å². The zero-order chi connectivity index (χ0) is 17.1. The normalized spacial score (nSPS) is 12.4. The minimum Gasteiger partial charge on any atom is -0.491 e. The summed E-state index contributed by atoms with van der Waals surface area (Å²) in [5, 5.41) is 14.9. The van der Waals surface area contributed by atoms with Crippen molar-refractivity contribution >= 4 is 21.5 Å². The molecule has 0 aliphatic rings. The second-order valence-electron chi connectivity index (χ2n) is 6.24. The molecular formula is C22H19NO2. The van der Waals surface area contributed by atoms with Gasteiger partial charge in [-0.15, -0.1) is 0 Å². The van der Waals surface area contributed by atoms with E-state index in [0.29, 0.717) is 6.42 Å². The Bertz CT molecular complexity index is 1010. The van der Waals surface area contributed by atoms with Crippen molar-refractivity contribution in [2.45, 2.75) is 12.5 Å². The molecule has 0 saturated heterocycles. The summed E-state index contributed by atoms with van der Waals surface area (Å²) in [4.78, 5) is 4.12. The van der Waals surface area contributed by atoms with Crippen molar-refractivity contribution in [1.82, 2.24) is 4.98 Å². The Morgan fingerprint density at radius 2 is 1.64 bits per heavy atom. The number of hydrogen-bond acceptors (Lipinski definition) is 3. The Morgan fingerprint density at radius 1 is 0.840 bits per heavy atom. The van der Waals surface area contributed by atoms with E-state index in [2.05, 4.69) is 35.3 Å². The van der Waals surface area contributed by atoms with E-state index in [1.807, 2.05) is 42.6 Å². The molecule has 4 aromatic rings. The van der Waals surface area contributed by atoms with Crippen molar-refractivity contribution in [2.24, 2.45) is 0 Å². The zero-order valence-corrected chi connectivity index (χ0v) is 13.8. The molecular weight excluding hydrogens is 310 g/mol. The second-order valence-corrected chi connectivity index (χ2v) is 6.24. The molecule has 3 aromatic carbocycles. The molecule has 0 spiro atoms. The van der Waals surface area contributed by atoms with Crippen molar-refractivity contribution in [1.29, 1.82) is 0 Å². The number of pyridine rings is 1. The van der Waals surface area contributed by atoms with Gasteiger partial charge in [0.05, 0.1) is 6.10 Å². The highest BCUT2D eigenvalue weighted by Gasteiger charge is 2.08. The van der Waals surface area contributed by atoms with Gasteiger partial charge in [-0.3, -0.25) is 4.98 Å². The molecule has 25 heavy (non-hydrogen) atoms. The lowest BCUT2D eigenvalue weighted by atomic mass is 10.0. The van der Waals surface area contributed by atoms with Gasteiger partial charge in [0, 0.05) is 24.2 Å². The van der Waals surface area contributed by atoms with Gasteiger partial charge in [0.15, 0.2) is 0 Å². The van der Waals surface area contributed by atoms with Crippen LogP contribution in [0.2, 0.25) is 0 Å². The van der Waals surface area contributed by atoms with Gasteiger partial charge in [-0.1, -0.05) is 48.5 Å². The number of nitrogens with zero attached hydrogens (tertiary/aromatic N) is 1. The van der Waals surface area contributed by atoms with E-state index >= 15 is 0 Å². The first-order valence-electron chi connectivity index (χ1n) is 8.40. The second kappa shape index (κ2) is 6.91. The van der Waals surface area contributed by atoms with Crippen LogP contribution in [-0.2, 0) is 6.42 Å². The summed E-state index contributed by atoms with van der Waals surface area (Å²) >= 11 is 0. The standard InChI is InChI=1S/C22H19NO2/c24-21(12-16-5-6-17-3-1-2-4-19(17)11-16)15-25-22-8-7-18-9-10-23-14-20(18)13-22/h1-11,13-14,21,24H,12,15H2. The number of fused-ring (bicyclic) bond motifs is 2. The Hall–Kier alpha value is -2.91. The number of aliphatic hydroxyl groups excluding tert-OH is 1. The molecule has 4 rings (SSSR count). The summed E-state index contributed by atoms with van der Waals surface area (Å²) in [7, 11) is 0. The summed E-state index contributed by atoms with van der Waals surface area (Å²) in [6.45, 7) is 0.262. The first-order valence-corrected chi connectivity index (χ1v) is 8.40. The SMILES string of the molecule is OC(COc1ccc2ccncc2c1)Cc1ccc2ccccc2c1. The van der Waals surface area contributed by atoms with Gasteiger partial charge in [-0.05, 0) is 39.9 Å². The molecule has 1 aromatic heterocycles. The highest BCUT2D eigenvalue weighted by atomic mass is 16.5. The van der Waals surface area contributed by atoms with E-state index in [1.165, 1.54) is 10.8 Å². The largest absolute Gasteiger partial charge is 0.491 e. The average molecular weight is 329 g/mol. The maximum Gasteiger partial charge on any atom is 0.120 e. The summed E-state index contributed by atoms with van der Waals surface area (Å²) in [6.07, 6.45) is 3.61. The zero-order valence-electron chi connectivity index (χ0n) is 13.8. The quantitative estimate of drug-likeness (QED) is 0.591. The number of rotatable bonds is 5. The predicted molar refractivity (Wildman–Crippen MR) is 101 cm³/mol. The van der Waals surface area contributed by atoms with Crippen LogP contribution in [0.5, 0.6) is 5.75 Å². The highest BCUT2D eigenvalue weighted by molar-refractivity contribution is 5.83. The topological polar surface area (TPSA) is 42.4 Å². The van der Waals surface area contributed by atoms with Crippen LogP contribution in [0, 0.1) is 0 Å². The fourth-order valence-electron chi connectivity index (χ4n) is 3.04. The predicted octanol–water partition coefficient (Wildman–Crippen LogP) is 4.37.